The predicted octanol–water partition coefficient (Wildman–Crippen LogP) is 5.54. The maximum absolute atomic E-state index is 13.9. The van der Waals surface area contributed by atoms with Crippen molar-refractivity contribution in [2.75, 3.05) is 4.90 Å². The molecular weight excluding hydrogens is 376 g/mol. The van der Waals surface area contributed by atoms with E-state index in [0.29, 0.717) is 20.5 Å². The molecular formula is C16H8Cl2FNOS2. The molecule has 1 aliphatic heterocycles. The standard InChI is InChI=1S/C16H8Cl2FNOS2/c17-10-4-3-5-11(18)9(10)8-14-15(21)20(16(22)23-14)13-7-2-1-6-12(13)19/h1-8H/b14-8-. The Labute approximate surface area is 151 Å². The average molecular weight is 384 g/mol. The van der Waals surface area contributed by atoms with E-state index in [2.05, 4.69) is 0 Å². The molecule has 1 amide bonds. The van der Waals surface area contributed by atoms with Gasteiger partial charge in [-0.05, 0) is 30.3 Å². The Balaban J connectivity index is 2.02. The molecule has 0 atom stereocenters. The van der Waals surface area contributed by atoms with Crippen molar-refractivity contribution in [2.24, 2.45) is 0 Å². The van der Waals surface area contributed by atoms with E-state index < -0.39 is 11.7 Å². The van der Waals surface area contributed by atoms with Gasteiger partial charge in [0.1, 0.15) is 5.82 Å². The SMILES string of the molecule is O=C1/C(=C/c2c(Cl)cccc2Cl)SC(=S)N1c1ccccc1F. The van der Waals surface area contributed by atoms with Gasteiger partial charge in [0.05, 0.1) is 10.6 Å². The van der Waals surface area contributed by atoms with Crippen LogP contribution in [0.1, 0.15) is 5.56 Å². The fourth-order valence-corrected chi connectivity index (χ4v) is 3.86. The lowest BCUT2D eigenvalue weighted by molar-refractivity contribution is -0.113. The molecule has 1 aliphatic rings. The summed E-state index contributed by atoms with van der Waals surface area (Å²) < 4.78 is 14.2. The van der Waals surface area contributed by atoms with Crippen molar-refractivity contribution >= 4 is 69.2 Å². The van der Waals surface area contributed by atoms with Crippen LogP contribution in [0.5, 0.6) is 0 Å². The molecule has 0 bridgehead atoms. The number of hydrogen-bond acceptors (Lipinski definition) is 3. The zero-order valence-corrected chi connectivity index (χ0v) is 14.6. The Hall–Kier alpha value is -1.40. The Morgan fingerprint density at radius 3 is 2.39 bits per heavy atom. The van der Waals surface area contributed by atoms with Crippen molar-refractivity contribution < 1.29 is 9.18 Å². The molecule has 0 aliphatic carbocycles. The first-order chi connectivity index (χ1) is 11.0. The third-order valence-electron chi connectivity index (χ3n) is 3.16. The van der Waals surface area contributed by atoms with Crippen molar-refractivity contribution in [3.05, 3.63) is 68.8 Å². The Morgan fingerprint density at radius 2 is 1.74 bits per heavy atom. The molecule has 2 aromatic carbocycles. The lowest BCUT2D eigenvalue weighted by atomic mass is 10.2. The molecule has 2 nitrogen and oxygen atoms in total. The number of hydrogen-bond donors (Lipinski definition) is 0. The number of para-hydroxylation sites is 1. The van der Waals surface area contributed by atoms with Crippen LogP contribution in [0.15, 0.2) is 47.4 Å². The maximum atomic E-state index is 13.9. The largest absolute Gasteiger partial charge is 0.270 e. The summed E-state index contributed by atoms with van der Waals surface area (Å²) in [5, 5.41) is 0.849. The van der Waals surface area contributed by atoms with Crippen LogP contribution < -0.4 is 4.90 Å². The quantitative estimate of drug-likeness (QED) is 0.501. The van der Waals surface area contributed by atoms with E-state index in [1.54, 1.807) is 36.4 Å². The third-order valence-corrected chi connectivity index (χ3v) is 5.12. The highest BCUT2D eigenvalue weighted by molar-refractivity contribution is 8.27. The van der Waals surface area contributed by atoms with Gasteiger partial charge in [-0.1, -0.05) is 65.4 Å². The highest BCUT2D eigenvalue weighted by Gasteiger charge is 2.34. The van der Waals surface area contributed by atoms with Gasteiger partial charge in [0.2, 0.25) is 0 Å². The Kier molecular flexibility index (Phi) is 4.73. The smallest absolute Gasteiger partial charge is 0.268 e. The second kappa shape index (κ2) is 6.61. The van der Waals surface area contributed by atoms with Gasteiger partial charge >= 0.3 is 0 Å². The topological polar surface area (TPSA) is 20.3 Å². The summed E-state index contributed by atoms with van der Waals surface area (Å²) in [6, 6.07) is 11.1. The predicted molar refractivity (Wildman–Crippen MR) is 98.5 cm³/mol. The van der Waals surface area contributed by atoms with Gasteiger partial charge in [0, 0.05) is 15.6 Å². The van der Waals surface area contributed by atoms with Crippen molar-refractivity contribution in [2.45, 2.75) is 0 Å². The third kappa shape index (κ3) is 3.15. The Bertz CT molecular complexity index is 833. The molecule has 0 saturated carbocycles. The van der Waals surface area contributed by atoms with E-state index >= 15 is 0 Å². The van der Waals surface area contributed by atoms with Crippen LogP contribution in [0.4, 0.5) is 10.1 Å². The fourth-order valence-electron chi connectivity index (χ4n) is 2.09. The molecule has 1 saturated heterocycles. The van der Waals surface area contributed by atoms with Crippen LogP contribution in [0.25, 0.3) is 6.08 Å². The van der Waals surface area contributed by atoms with Crippen molar-refractivity contribution in [3.63, 3.8) is 0 Å². The number of amides is 1. The number of anilines is 1. The number of carbonyl (C=O) groups is 1. The molecule has 0 N–H and O–H groups in total. The summed E-state index contributed by atoms with van der Waals surface area (Å²) in [6.07, 6.45) is 1.57. The van der Waals surface area contributed by atoms with Gasteiger partial charge in [0.15, 0.2) is 4.32 Å². The number of thioether (sulfide) groups is 1. The summed E-state index contributed by atoms with van der Waals surface area (Å²) in [5.41, 5.74) is 0.661. The summed E-state index contributed by atoms with van der Waals surface area (Å²) >= 11 is 18.5. The molecule has 116 valence electrons. The van der Waals surface area contributed by atoms with Crippen LogP contribution in [0, 0.1) is 5.82 Å². The first-order valence-electron chi connectivity index (χ1n) is 6.45. The first kappa shape index (κ1) is 16.5. The van der Waals surface area contributed by atoms with Crippen LogP contribution in [-0.2, 0) is 4.79 Å². The monoisotopic (exact) mass is 383 g/mol. The normalized spacial score (nSPS) is 16.5. The van der Waals surface area contributed by atoms with Gasteiger partial charge in [-0.15, -0.1) is 0 Å². The van der Waals surface area contributed by atoms with E-state index in [1.807, 2.05) is 0 Å². The summed E-state index contributed by atoms with van der Waals surface area (Å²) in [5.74, 6) is -0.915. The van der Waals surface area contributed by atoms with Crippen LogP contribution in [-0.4, -0.2) is 10.2 Å². The van der Waals surface area contributed by atoms with Gasteiger partial charge < -0.3 is 0 Å². The van der Waals surface area contributed by atoms with Crippen molar-refractivity contribution in [3.8, 4) is 0 Å². The molecule has 3 rings (SSSR count). The minimum Gasteiger partial charge on any atom is -0.268 e. The van der Waals surface area contributed by atoms with Gasteiger partial charge in [0.25, 0.3) is 5.91 Å². The van der Waals surface area contributed by atoms with E-state index in [-0.39, 0.29) is 10.0 Å². The summed E-state index contributed by atoms with van der Waals surface area (Å²) in [4.78, 5) is 14.1. The molecule has 0 radical (unpaired) electrons. The van der Waals surface area contributed by atoms with Crippen LogP contribution in [0.2, 0.25) is 10.0 Å². The van der Waals surface area contributed by atoms with E-state index in [0.717, 1.165) is 11.8 Å². The minimum absolute atomic E-state index is 0.128. The van der Waals surface area contributed by atoms with Crippen LogP contribution in [0.3, 0.4) is 0 Å². The van der Waals surface area contributed by atoms with Crippen LogP contribution >= 0.6 is 47.2 Å². The van der Waals surface area contributed by atoms with Gasteiger partial charge in [-0.25, -0.2) is 4.39 Å². The fraction of sp³-hybridized carbons (Fsp3) is 0. The zero-order valence-electron chi connectivity index (χ0n) is 11.4. The molecule has 7 heteroatoms. The maximum Gasteiger partial charge on any atom is 0.270 e. The molecule has 0 spiro atoms. The molecule has 1 fully saturated rings. The van der Waals surface area contributed by atoms with E-state index in [9.17, 15) is 9.18 Å². The number of nitrogens with zero attached hydrogens (tertiary/aromatic N) is 1. The number of carbonyl (C=O) groups excluding carboxylic acids is 1. The van der Waals surface area contributed by atoms with E-state index in [4.69, 9.17) is 35.4 Å². The number of halogens is 3. The van der Waals surface area contributed by atoms with Gasteiger partial charge in [-0.2, -0.15) is 0 Å². The zero-order chi connectivity index (χ0) is 16.6. The highest BCUT2D eigenvalue weighted by Crippen LogP contribution is 2.38. The van der Waals surface area contributed by atoms with E-state index in [1.165, 1.54) is 17.0 Å². The molecule has 0 aromatic heterocycles. The average Bonchev–Trinajstić information content (AvgIpc) is 2.78. The Morgan fingerprint density at radius 1 is 1.09 bits per heavy atom. The first-order valence-corrected chi connectivity index (χ1v) is 8.43. The second-order valence-electron chi connectivity index (χ2n) is 4.60. The highest BCUT2D eigenvalue weighted by atomic mass is 35.5. The number of rotatable bonds is 2. The lowest BCUT2D eigenvalue weighted by Crippen LogP contribution is -2.28. The minimum atomic E-state index is -0.513. The number of benzene rings is 2. The molecule has 1 heterocycles. The van der Waals surface area contributed by atoms with Crippen molar-refractivity contribution in [1.82, 2.24) is 0 Å². The molecule has 0 unspecified atom stereocenters. The lowest BCUT2D eigenvalue weighted by Gasteiger charge is -2.14. The molecule has 2 aromatic rings. The van der Waals surface area contributed by atoms with Gasteiger partial charge in [-0.3, -0.25) is 9.69 Å². The van der Waals surface area contributed by atoms with Crippen molar-refractivity contribution in [1.29, 1.82) is 0 Å². The molecule has 23 heavy (non-hydrogen) atoms. The number of thiocarbonyl (C=S) groups is 1. The second-order valence-corrected chi connectivity index (χ2v) is 7.09. The summed E-state index contributed by atoms with van der Waals surface area (Å²) in [7, 11) is 0. The summed E-state index contributed by atoms with van der Waals surface area (Å²) in [6.45, 7) is 0.